The Morgan fingerprint density at radius 3 is 2.68 bits per heavy atom. The van der Waals surface area contributed by atoms with Gasteiger partial charge in [-0.05, 0) is 36.1 Å². The van der Waals surface area contributed by atoms with Gasteiger partial charge in [0, 0.05) is 39.3 Å². The molecule has 1 atom stereocenters. The Kier molecular flexibility index (Phi) is 5.12. The lowest BCUT2D eigenvalue weighted by molar-refractivity contribution is -0.380. The monoisotopic (exact) mass is 454 g/mol. The van der Waals surface area contributed by atoms with E-state index >= 15 is 0 Å². The average Bonchev–Trinajstić information content (AvgIpc) is 3.16. The third-order valence-corrected chi connectivity index (χ3v) is 6.86. The first-order valence-electron chi connectivity index (χ1n) is 9.59. The molecule has 1 aliphatic heterocycles. The van der Waals surface area contributed by atoms with E-state index in [0.29, 0.717) is 39.7 Å². The number of nitriles is 1. The Balaban J connectivity index is 1.99. The molecule has 7 nitrogen and oxygen atoms in total. The third kappa shape index (κ3) is 3.60. The van der Waals surface area contributed by atoms with Crippen LogP contribution in [-0.2, 0) is 4.79 Å². The van der Waals surface area contributed by atoms with Gasteiger partial charge in [0.25, 0.3) is 0 Å². The zero-order valence-electron chi connectivity index (χ0n) is 16.9. The molecule has 0 saturated heterocycles. The Labute approximate surface area is 188 Å². The first kappa shape index (κ1) is 21.1. The van der Waals surface area contributed by atoms with Crippen LogP contribution in [0.5, 0.6) is 0 Å². The summed E-state index contributed by atoms with van der Waals surface area (Å²) in [6, 6.07) is 12.2. The largest absolute Gasteiger partial charge is 0.384 e. The SMILES string of the molecule is CC1(C)CC(=O)C2=C(C1)N(c1cccc(Cl)c1)C(N)=C(C#N)C2c1ccc([N+](=O)[O-])s1. The highest BCUT2D eigenvalue weighted by atomic mass is 35.5. The lowest BCUT2D eigenvalue weighted by Crippen LogP contribution is -2.42. The van der Waals surface area contributed by atoms with E-state index in [4.69, 9.17) is 17.3 Å². The molecule has 1 aliphatic carbocycles. The number of nitrogens with two attached hydrogens (primary N) is 1. The second-order valence-electron chi connectivity index (χ2n) is 8.39. The van der Waals surface area contributed by atoms with E-state index in [0.717, 1.165) is 11.3 Å². The normalized spacial score (nSPS) is 20.5. The number of anilines is 1. The number of Topliss-reactive ketones (excluding diaryl/α,β-unsaturated/α-hetero) is 1. The van der Waals surface area contributed by atoms with E-state index in [-0.39, 0.29) is 27.6 Å². The number of benzene rings is 1. The minimum Gasteiger partial charge on any atom is -0.384 e. The highest BCUT2D eigenvalue weighted by molar-refractivity contribution is 7.15. The van der Waals surface area contributed by atoms with Crippen molar-refractivity contribution >= 4 is 39.4 Å². The summed E-state index contributed by atoms with van der Waals surface area (Å²) in [6.07, 6.45) is 0.877. The van der Waals surface area contributed by atoms with Crippen LogP contribution in [0.25, 0.3) is 0 Å². The molecule has 31 heavy (non-hydrogen) atoms. The summed E-state index contributed by atoms with van der Waals surface area (Å²) in [5.41, 5.74) is 8.25. The summed E-state index contributed by atoms with van der Waals surface area (Å²) in [5.74, 6) is -0.604. The van der Waals surface area contributed by atoms with Crippen molar-refractivity contribution in [3.63, 3.8) is 0 Å². The van der Waals surface area contributed by atoms with Gasteiger partial charge in [-0.2, -0.15) is 5.26 Å². The number of rotatable bonds is 3. The van der Waals surface area contributed by atoms with E-state index in [1.807, 2.05) is 19.9 Å². The molecule has 0 spiro atoms. The van der Waals surface area contributed by atoms with Crippen LogP contribution in [0.2, 0.25) is 5.02 Å². The molecule has 1 aromatic carbocycles. The second-order valence-corrected chi connectivity index (χ2v) is 9.92. The van der Waals surface area contributed by atoms with Crippen LogP contribution in [-0.4, -0.2) is 10.7 Å². The number of carbonyl (C=O) groups excluding carboxylic acids is 1. The van der Waals surface area contributed by atoms with Crippen molar-refractivity contribution in [2.45, 2.75) is 32.6 Å². The molecule has 9 heteroatoms. The van der Waals surface area contributed by atoms with Crippen molar-refractivity contribution in [1.82, 2.24) is 0 Å². The summed E-state index contributed by atoms with van der Waals surface area (Å²) in [7, 11) is 0. The van der Waals surface area contributed by atoms with Crippen LogP contribution in [0.4, 0.5) is 10.7 Å². The lowest BCUT2D eigenvalue weighted by atomic mass is 9.69. The molecular formula is C22H19ClN4O3S. The van der Waals surface area contributed by atoms with Gasteiger partial charge in [0.2, 0.25) is 0 Å². The zero-order chi connectivity index (χ0) is 22.5. The van der Waals surface area contributed by atoms with E-state index in [1.165, 1.54) is 6.07 Å². The van der Waals surface area contributed by atoms with Gasteiger partial charge in [0.05, 0.1) is 22.5 Å². The molecule has 2 aromatic rings. The topological polar surface area (TPSA) is 113 Å². The van der Waals surface area contributed by atoms with Crippen molar-refractivity contribution in [1.29, 1.82) is 5.26 Å². The summed E-state index contributed by atoms with van der Waals surface area (Å²) >= 11 is 7.17. The Morgan fingerprint density at radius 1 is 1.32 bits per heavy atom. The van der Waals surface area contributed by atoms with Gasteiger partial charge in [-0.1, -0.05) is 42.9 Å². The predicted octanol–water partition coefficient (Wildman–Crippen LogP) is 5.25. The van der Waals surface area contributed by atoms with Gasteiger partial charge >= 0.3 is 5.00 Å². The van der Waals surface area contributed by atoms with E-state index < -0.39 is 10.8 Å². The Hall–Kier alpha value is -3.15. The fraction of sp³-hybridized carbons (Fsp3) is 0.273. The van der Waals surface area contributed by atoms with Crippen LogP contribution in [0, 0.1) is 26.9 Å². The number of hydrogen-bond donors (Lipinski definition) is 1. The lowest BCUT2D eigenvalue weighted by Gasteiger charge is -2.43. The molecule has 0 fully saturated rings. The number of ketones is 1. The molecule has 158 valence electrons. The van der Waals surface area contributed by atoms with Crippen molar-refractivity contribution in [3.8, 4) is 6.07 Å². The molecule has 0 saturated carbocycles. The number of nitro groups is 1. The van der Waals surface area contributed by atoms with E-state index in [9.17, 15) is 20.2 Å². The molecule has 2 heterocycles. The highest BCUT2D eigenvalue weighted by Gasteiger charge is 2.45. The number of hydrogen-bond acceptors (Lipinski definition) is 7. The minimum atomic E-state index is -0.724. The molecular weight excluding hydrogens is 436 g/mol. The molecule has 2 N–H and O–H groups in total. The molecule has 2 aliphatic rings. The Bertz CT molecular complexity index is 1220. The maximum atomic E-state index is 13.4. The zero-order valence-corrected chi connectivity index (χ0v) is 18.5. The van der Waals surface area contributed by atoms with Gasteiger partial charge in [0.15, 0.2) is 5.78 Å². The van der Waals surface area contributed by atoms with Gasteiger partial charge in [-0.25, -0.2) is 0 Å². The molecule has 0 radical (unpaired) electrons. The van der Waals surface area contributed by atoms with Gasteiger partial charge in [-0.15, -0.1) is 0 Å². The van der Waals surface area contributed by atoms with E-state index in [1.54, 1.807) is 29.2 Å². The maximum absolute atomic E-state index is 13.4. The maximum Gasteiger partial charge on any atom is 0.324 e. The molecule has 0 bridgehead atoms. The summed E-state index contributed by atoms with van der Waals surface area (Å²) in [5, 5.41) is 21.7. The van der Waals surface area contributed by atoms with Crippen molar-refractivity contribution in [3.05, 3.63) is 79.1 Å². The Morgan fingerprint density at radius 2 is 2.06 bits per heavy atom. The number of nitrogens with zero attached hydrogens (tertiary/aromatic N) is 3. The second kappa shape index (κ2) is 7.52. The van der Waals surface area contributed by atoms with E-state index in [2.05, 4.69) is 6.07 Å². The van der Waals surface area contributed by atoms with Crippen LogP contribution in [0.3, 0.4) is 0 Å². The quantitative estimate of drug-likeness (QED) is 0.500. The van der Waals surface area contributed by atoms with Gasteiger partial charge < -0.3 is 5.73 Å². The highest BCUT2D eigenvalue weighted by Crippen LogP contribution is 2.51. The van der Waals surface area contributed by atoms with Crippen LogP contribution in [0.15, 0.2) is 59.1 Å². The summed E-state index contributed by atoms with van der Waals surface area (Å²) in [6.45, 7) is 4.02. The smallest absolute Gasteiger partial charge is 0.324 e. The van der Waals surface area contributed by atoms with Gasteiger partial charge in [0.1, 0.15) is 5.82 Å². The average molecular weight is 455 g/mol. The van der Waals surface area contributed by atoms with Crippen LogP contribution in [0.1, 0.15) is 37.5 Å². The van der Waals surface area contributed by atoms with Gasteiger partial charge in [-0.3, -0.25) is 19.8 Å². The number of allylic oxidation sites excluding steroid dienone is 3. The summed E-state index contributed by atoms with van der Waals surface area (Å²) < 4.78 is 0. The molecule has 4 rings (SSSR count). The fourth-order valence-electron chi connectivity index (χ4n) is 4.30. The van der Waals surface area contributed by atoms with Crippen molar-refractivity contribution in [2.75, 3.05) is 4.90 Å². The predicted molar refractivity (Wildman–Crippen MR) is 120 cm³/mol. The molecule has 0 amide bonds. The fourth-order valence-corrected chi connectivity index (χ4v) is 5.43. The van der Waals surface area contributed by atoms with Crippen LogP contribution < -0.4 is 10.6 Å². The number of carbonyl (C=O) groups is 1. The minimum absolute atomic E-state index is 0.0473. The first-order valence-corrected chi connectivity index (χ1v) is 10.8. The van der Waals surface area contributed by atoms with Crippen LogP contribution >= 0.6 is 22.9 Å². The number of halogens is 1. The standard InChI is InChI=1S/C22H19ClN4O3S/c1-22(2)9-15-20(16(28)10-22)19(17-6-7-18(31-17)27(29)30)14(11-24)21(25)26(15)13-5-3-4-12(23)8-13/h3-8,19H,9-10,25H2,1-2H3. The third-order valence-electron chi connectivity index (χ3n) is 5.52. The molecule has 1 unspecified atom stereocenters. The number of thiophene rings is 1. The molecule has 1 aromatic heterocycles. The van der Waals surface area contributed by atoms with Crippen molar-refractivity contribution < 1.29 is 9.72 Å². The first-order chi connectivity index (χ1) is 14.6. The van der Waals surface area contributed by atoms with Crippen molar-refractivity contribution in [2.24, 2.45) is 11.1 Å². The summed E-state index contributed by atoms with van der Waals surface area (Å²) in [4.78, 5) is 26.4.